The lowest BCUT2D eigenvalue weighted by Crippen LogP contribution is -2.23. The van der Waals surface area contributed by atoms with Crippen LogP contribution in [-0.2, 0) is 0 Å². The summed E-state index contributed by atoms with van der Waals surface area (Å²) in [7, 11) is 0. The quantitative estimate of drug-likeness (QED) is 0.796. The number of hydrogen-bond acceptors (Lipinski definition) is 6. The minimum absolute atomic E-state index is 0.297. The van der Waals surface area contributed by atoms with Crippen molar-refractivity contribution in [2.75, 3.05) is 5.32 Å². The third-order valence-corrected chi connectivity index (χ3v) is 4.26. The smallest absolute Gasteiger partial charge is 0.225 e. The molecule has 1 N–H and O–H groups in total. The van der Waals surface area contributed by atoms with Crippen LogP contribution in [0.2, 0.25) is 0 Å². The maximum Gasteiger partial charge on any atom is 0.225 e. The minimum Gasteiger partial charge on any atom is -0.351 e. The Balaban J connectivity index is 1.59. The summed E-state index contributed by atoms with van der Waals surface area (Å²) in [5.74, 6) is 0.702. The van der Waals surface area contributed by atoms with E-state index < -0.39 is 0 Å². The summed E-state index contributed by atoms with van der Waals surface area (Å²) in [4.78, 5) is 13.2. The van der Waals surface area contributed by atoms with Crippen molar-refractivity contribution in [1.82, 2.24) is 25.1 Å². The topological polar surface area (TPSA) is 76.5 Å². The zero-order valence-corrected chi connectivity index (χ0v) is 13.1. The molecule has 122 valence electrons. The molecule has 2 heterocycles. The lowest BCUT2D eigenvalue weighted by atomic mass is 9.96. The first-order valence-electron chi connectivity index (χ1n) is 8.18. The zero-order valence-electron chi connectivity index (χ0n) is 13.1. The van der Waals surface area contributed by atoms with Gasteiger partial charge in [0.1, 0.15) is 11.3 Å². The van der Waals surface area contributed by atoms with Gasteiger partial charge in [0.15, 0.2) is 5.82 Å². The monoisotopic (exact) mass is 324 g/mol. The molecule has 6 nitrogen and oxygen atoms in total. The average Bonchev–Trinajstić information content (AvgIpc) is 2.63. The van der Waals surface area contributed by atoms with Gasteiger partial charge in [-0.2, -0.15) is 4.98 Å². The Hall–Kier alpha value is -2.70. The van der Waals surface area contributed by atoms with Gasteiger partial charge in [-0.3, -0.25) is 0 Å². The van der Waals surface area contributed by atoms with Gasteiger partial charge in [0, 0.05) is 11.6 Å². The van der Waals surface area contributed by atoms with E-state index in [-0.39, 0.29) is 5.82 Å². The van der Waals surface area contributed by atoms with Crippen LogP contribution in [0.25, 0.3) is 22.6 Å². The molecule has 0 saturated heterocycles. The van der Waals surface area contributed by atoms with Crippen LogP contribution < -0.4 is 5.32 Å². The largest absolute Gasteiger partial charge is 0.351 e. The molecule has 4 rings (SSSR count). The fourth-order valence-electron chi connectivity index (χ4n) is 2.97. The van der Waals surface area contributed by atoms with Crippen molar-refractivity contribution in [1.29, 1.82) is 0 Å². The van der Waals surface area contributed by atoms with E-state index in [9.17, 15) is 4.39 Å². The molecule has 0 aliphatic heterocycles. The molecule has 7 heteroatoms. The van der Waals surface area contributed by atoms with Crippen molar-refractivity contribution < 1.29 is 4.39 Å². The molecule has 1 fully saturated rings. The van der Waals surface area contributed by atoms with Crippen LogP contribution in [0.15, 0.2) is 30.5 Å². The summed E-state index contributed by atoms with van der Waals surface area (Å²) in [5.41, 5.74) is 1.72. The second-order valence-electron chi connectivity index (χ2n) is 6.02. The molecule has 2 aromatic heterocycles. The molecule has 24 heavy (non-hydrogen) atoms. The van der Waals surface area contributed by atoms with E-state index >= 15 is 0 Å². The number of nitrogens with zero attached hydrogens (tertiary/aromatic N) is 5. The maximum atomic E-state index is 13.0. The highest BCUT2D eigenvalue weighted by molar-refractivity contribution is 5.71. The highest BCUT2D eigenvalue weighted by atomic mass is 19.1. The summed E-state index contributed by atoms with van der Waals surface area (Å²) >= 11 is 0. The number of aromatic nitrogens is 5. The molecule has 1 aliphatic rings. The minimum atomic E-state index is -0.297. The van der Waals surface area contributed by atoms with Gasteiger partial charge < -0.3 is 5.32 Å². The SMILES string of the molecule is Fc1ccc(-c2nnc3nc(NC4CCCCC4)ncc3n2)cc1. The van der Waals surface area contributed by atoms with Gasteiger partial charge >= 0.3 is 0 Å². The molecular weight excluding hydrogens is 307 g/mol. The lowest BCUT2D eigenvalue weighted by Gasteiger charge is -2.22. The molecule has 0 unspecified atom stereocenters. The molecule has 3 aromatic rings. The molecule has 0 amide bonds. The number of halogens is 1. The first-order chi connectivity index (χ1) is 11.8. The van der Waals surface area contributed by atoms with E-state index in [1.165, 1.54) is 31.4 Å². The number of rotatable bonds is 3. The Morgan fingerprint density at radius 3 is 2.54 bits per heavy atom. The standard InChI is InChI=1S/C17H17FN6/c18-12-8-6-11(7-9-12)15-21-14-10-19-17(22-16(14)24-23-15)20-13-4-2-1-3-5-13/h6-10,13H,1-5H2,(H,19,20,22,24). The van der Waals surface area contributed by atoms with Crippen molar-refractivity contribution in [3.05, 3.63) is 36.3 Å². The van der Waals surface area contributed by atoms with Gasteiger partial charge in [0.25, 0.3) is 0 Å². The maximum absolute atomic E-state index is 13.0. The van der Waals surface area contributed by atoms with Crippen LogP contribution in [0.1, 0.15) is 32.1 Å². The summed E-state index contributed by atoms with van der Waals surface area (Å²) < 4.78 is 13.0. The molecule has 1 saturated carbocycles. The fourth-order valence-corrected chi connectivity index (χ4v) is 2.97. The van der Waals surface area contributed by atoms with E-state index in [2.05, 4.69) is 30.5 Å². The van der Waals surface area contributed by atoms with E-state index in [4.69, 9.17) is 0 Å². The van der Waals surface area contributed by atoms with Crippen LogP contribution in [0, 0.1) is 5.82 Å². The van der Waals surface area contributed by atoms with Crippen molar-refractivity contribution in [2.24, 2.45) is 0 Å². The predicted octanol–water partition coefficient (Wildman–Crippen LogP) is 3.37. The van der Waals surface area contributed by atoms with Crippen LogP contribution in [0.5, 0.6) is 0 Å². The van der Waals surface area contributed by atoms with Gasteiger partial charge in [0.05, 0.1) is 6.20 Å². The van der Waals surface area contributed by atoms with Gasteiger partial charge in [-0.15, -0.1) is 10.2 Å². The van der Waals surface area contributed by atoms with E-state index in [0.717, 1.165) is 12.8 Å². The molecule has 1 aliphatic carbocycles. The first kappa shape index (κ1) is 14.9. The van der Waals surface area contributed by atoms with Crippen molar-refractivity contribution >= 4 is 17.1 Å². The van der Waals surface area contributed by atoms with E-state index in [1.54, 1.807) is 18.3 Å². The van der Waals surface area contributed by atoms with E-state index in [0.29, 0.717) is 34.5 Å². The van der Waals surface area contributed by atoms with Crippen LogP contribution in [0.3, 0.4) is 0 Å². The third-order valence-electron chi connectivity index (χ3n) is 4.26. The second-order valence-corrected chi connectivity index (χ2v) is 6.02. The summed E-state index contributed by atoms with van der Waals surface area (Å²) in [6, 6.07) is 6.42. The Morgan fingerprint density at radius 1 is 0.958 bits per heavy atom. The van der Waals surface area contributed by atoms with Crippen molar-refractivity contribution in [3.63, 3.8) is 0 Å². The average molecular weight is 324 g/mol. The third kappa shape index (κ3) is 3.15. The van der Waals surface area contributed by atoms with Gasteiger partial charge in [-0.05, 0) is 37.1 Å². The first-order valence-corrected chi connectivity index (χ1v) is 8.18. The predicted molar refractivity (Wildman–Crippen MR) is 88.8 cm³/mol. The number of fused-ring (bicyclic) bond motifs is 1. The van der Waals surface area contributed by atoms with Gasteiger partial charge in [-0.1, -0.05) is 19.3 Å². The number of nitrogens with one attached hydrogen (secondary N) is 1. The van der Waals surface area contributed by atoms with Gasteiger partial charge in [-0.25, -0.2) is 14.4 Å². The Morgan fingerprint density at radius 2 is 1.75 bits per heavy atom. The second kappa shape index (κ2) is 6.43. The normalized spacial score (nSPS) is 15.5. The summed E-state index contributed by atoms with van der Waals surface area (Å²) in [6.45, 7) is 0. The highest BCUT2D eigenvalue weighted by Crippen LogP contribution is 2.21. The van der Waals surface area contributed by atoms with Crippen molar-refractivity contribution in [2.45, 2.75) is 38.1 Å². The molecule has 1 aromatic carbocycles. The fraction of sp³-hybridized carbons (Fsp3) is 0.353. The number of benzene rings is 1. The number of hydrogen-bond donors (Lipinski definition) is 1. The Bertz CT molecular complexity index is 845. The Kier molecular flexibility index (Phi) is 3.98. The van der Waals surface area contributed by atoms with Crippen LogP contribution in [-0.4, -0.2) is 31.2 Å². The highest BCUT2D eigenvalue weighted by Gasteiger charge is 2.15. The zero-order chi connectivity index (χ0) is 16.4. The van der Waals surface area contributed by atoms with Crippen LogP contribution >= 0.6 is 0 Å². The summed E-state index contributed by atoms with van der Waals surface area (Å²) in [6.07, 6.45) is 7.73. The molecule has 0 radical (unpaired) electrons. The summed E-state index contributed by atoms with van der Waals surface area (Å²) in [5, 5.41) is 11.6. The molecular formula is C17H17FN6. The lowest BCUT2D eigenvalue weighted by molar-refractivity contribution is 0.461. The number of anilines is 1. The molecule has 0 bridgehead atoms. The van der Waals surface area contributed by atoms with E-state index in [1.807, 2.05) is 0 Å². The van der Waals surface area contributed by atoms with Gasteiger partial charge in [0.2, 0.25) is 11.6 Å². The molecule has 0 atom stereocenters. The molecule has 0 spiro atoms. The Labute approximate surface area is 138 Å². The van der Waals surface area contributed by atoms with Crippen molar-refractivity contribution in [3.8, 4) is 11.4 Å². The van der Waals surface area contributed by atoms with Crippen LogP contribution in [0.4, 0.5) is 10.3 Å².